The Bertz CT molecular complexity index is 1690. The van der Waals surface area contributed by atoms with Gasteiger partial charge in [-0.15, -0.1) is 0 Å². The number of nitrogens with one attached hydrogen (secondary N) is 1. The Hall–Kier alpha value is -2.57. The van der Waals surface area contributed by atoms with Gasteiger partial charge in [-0.3, -0.25) is 4.79 Å². The second kappa shape index (κ2) is 54.6. The van der Waals surface area contributed by atoms with Crippen molar-refractivity contribution >= 4 is 5.91 Å². The third-order valence-electron chi connectivity index (χ3n) is 16.3. The molecule has 12 atom stereocenters. The predicted molar refractivity (Wildman–Crippen MR) is 341 cm³/mol. The van der Waals surface area contributed by atoms with Crippen LogP contribution in [-0.2, 0) is 23.7 Å². The minimum absolute atomic E-state index is 0.252. The maximum absolute atomic E-state index is 13.3. The highest BCUT2D eigenvalue weighted by Crippen LogP contribution is 2.30. The highest BCUT2D eigenvalue weighted by Gasteiger charge is 2.51. The van der Waals surface area contributed by atoms with Crippen molar-refractivity contribution in [2.75, 3.05) is 19.8 Å². The Balaban J connectivity index is 1.66. The van der Waals surface area contributed by atoms with Gasteiger partial charge in [-0.05, 0) is 83.5 Å². The van der Waals surface area contributed by atoms with Crippen LogP contribution < -0.4 is 5.32 Å². The number of aliphatic hydroxyl groups excluding tert-OH is 8. The van der Waals surface area contributed by atoms with Crippen LogP contribution >= 0.6 is 0 Å². The lowest BCUT2D eigenvalue weighted by molar-refractivity contribution is -0.359. The van der Waals surface area contributed by atoms with Gasteiger partial charge in [-0.25, -0.2) is 0 Å². The predicted octanol–water partition coefficient (Wildman–Crippen LogP) is 13.5. The van der Waals surface area contributed by atoms with Crippen LogP contribution in [-0.4, -0.2) is 140 Å². The Kier molecular flexibility index (Phi) is 50.4. The Morgan fingerprint density at radius 2 is 0.798 bits per heavy atom. The second-order valence-electron chi connectivity index (χ2n) is 23.9. The molecule has 0 radical (unpaired) electrons. The fourth-order valence-electron chi connectivity index (χ4n) is 10.9. The maximum atomic E-state index is 13.3. The van der Waals surface area contributed by atoms with Gasteiger partial charge in [0.05, 0.1) is 32.0 Å². The molecular formula is C70H125NO13. The summed E-state index contributed by atoms with van der Waals surface area (Å²) in [6.45, 7) is 2.77. The van der Waals surface area contributed by atoms with Crippen LogP contribution in [0.3, 0.4) is 0 Å². The smallest absolute Gasteiger partial charge is 0.220 e. The van der Waals surface area contributed by atoms with Crippen molar-refractivity contribution in [3.63, 3.8) is 0 Å². The van der Waals surface area contributed by atoms with Crippen molar-refractivity contribution in [1.82, 2.24) is 5.32 Å². The first-order chi connectivity index (χ1) is 41.1. The zero-order chi connectivity index (χ0) is 60.9. The van der Waals surface area contributed by atoms with E-state index in [1.807, 2.05) is 6.08 Å². The van der Waals surface area contributed by atoms with Crippen LogP contribution in [0.2, 0.25) is 0 Å². The van der Waals surface area contributed by atoms with Crippen LogP contribution in [0.15, 0.2) is 72.9 Å². The molecule has 14 nitrogen and oxygen atoms in total. The third kappa shape index (κ3) is 38.7. The molecule has 84 heavy (non-hydrogen) atoms. The number of ether oxygens (including phenoxy) is 4. The number of aliphatic hydroxyl groups is 8. The fourth-order valence-corrected chi connectivity index (χ4v) is 10.9. The van der Waals surface area contributed by atoms with E-state index in [2.05, 4.69) is 79.9 Å². The summed E-state index contributed by atoms with van der Waals surface area (Å²) in [6.07, 6.45) is 56.7. The molecule has 2 rings (SSSR count). The molecule has 0 aromatic carbocycles. The number of unbranched alkanes of at least 4 members (excludes halogenated alkanes) is 32. The van der Waals surface area contributed by atoms with E-state index in [4.69, 9.17) is 18.9 Å². The molecule has 9 N–H and O–H groups in total. The lowest BCUT2D eigenvalue weighted by atomic mass is 9.97. The largest absolute Gasteiger partial charge is 0.394 e. The quantitative estimate of drug-likeness (QED) is 0.0204. The highest BCUT2D eigenvalue weighted by molar-refractivity contribution is 5.76. The molecule has 2 heterocycles. The average molecular weight is 1190 g/mol. The van der Waals surface area contributed by atoms with Crippen molar-refractivity contribution in [1.29, 1.82) is 0 Å². The number of hydrogen-bond donors (Lipinski definition) is 9. The van der Waals surface area contributed by atoms with Gasteiger partial charge in [0.2, 0.25) is 5.91 Å². The molecule has 0 bridgehead atoms. The molecule has 0 aromatic rings. The molecule has 488 valence electrons. The van der Waals surface area contributed by atoms with Gasteiger partial charge in [0.25, 0.3) is 0 Å². The van der Waals surface area contributed by atoms with E-state index in [-0.39, 0.29) is 18.9 Å². The highest BCUT2D eigenvalue weighted by atomic mass is 16.7. The van der Waals surface area contributed by atoms with Crippen LogP contribution in [0, 0.1) is 0 Å². The summed E-state index contributed by atoms with van der Waals surface area (Å²) >= 11 is 0. The monoisotopic (exact) mass is 1190 g/mol. The van der Waals surface area contributed by atoms with Gasteiger partial charge in [0, 0.05) is 6.42 Å². The van der Waals surface area contributed by atoms with Crippen LogP contribution in [0.4, 0.5) is 0 Å². The SMILES string of the molecule is CCCCCCC/C=C\C/C=C\C/C=C\CCCCCCCCCCCCCCCCCCCCC(=O)NC(COC1OC(CO)C(OC2OC(CO)C(O)C(O)C2O)C(O)C1O)C(O)/C=C/CC/C=C/CC/C=C/CCCCCCCCC. The van der Waals surface area contributed by atoms with Gasteiger partial charge in [0.1, 0.15) is 48.8 Å². The van der Waals surface area contributed by atoms with E-state index in [1.54, 1.807) is 6.08 Å². The van der Waals surface area contributed by atoms with Gasteiger partial charge in [0.15, 0.2) is 12.6 Å². The van der Waals surface area contributed by atoms with Crippen LogP contribution in [0.25, 0.3) is 0 Å². The van der Waals surface area contributed by atoms with E-state index < -0.39 is 86.8 Å². The zero-order valence-electron chi connectivity index (χ0n) is 52.9. The topological polar surface area (TPSA) is 228 Å². The lowest BCUT2D eigenvalue weighted by Gasteiger charge is -2.46. The molecule has 2 saturated heterocycles. The third-order valence-corrected chi connectivity index (χ3v) is 16.3. The summed E-state index contributed by atoms with van der Waals surface area (Å²) in [5, 5.41) is 87.2. The van der Waals surface area contributed by atoms with Crippen molar-refractivity contribution < 1.29 is 64.6 Å². The molecule has 14 heteroatoms. The van der Waals surface area contributed by atoms with Crippen molar-refractivity contribution in [2.24, 2.45) is 0 Å². The fraction of sp³-hybridized carbons (Fsp3) is 0.814. The van der Waals surface area contributed by atoms with Gasteiger partial charge in [-0.1, -0.05) is 254 Å². The van der Waals surface area contributed by atoms with E-state index in [0.29, 0.717) is 12.8 Å². The molecule has 12 unspecified atom stereocenters. The van der Waals surface area contributed by atoms with Gasteiger partial charge >= 0.3 is 0 Å². The number of amides is 1. The number of carbonyl (C=O) groups excluding carboxylic acids is 1. The normalized spacial score (nSPS) is 24.1. The lowest BCUT2D eigenvalue weighted by Crippen LogP contribution is -2.65. The number of hydrogen-bond acceptors (Lipinski definition) is 13. The molecule has 0 spiro atoms. The number of rotatable bonds is 55. The molecule has 1 amide bonds. The Morgan fingerprint density at radius 1 is 0.429 bits per heavy atom. The van der Waals surface area contributed by atoms with Crippen molar-refractivity contribution in [3.05, 3.63) is 72.9 Å². The van der Waals surface area contributed by atoms with Crippen molar-refractivity contribution in [2.45, 2.75) is 344 Å². The first-order valence-corrected chi connectivity index (χ1v) is 34.2. The average Bonchev–Trinajstić information content (AvgIpc) is 3.17. The molecule has 0 saturated carbocycles. The molecular weight excluding hydrogens is 1060 g/mol. The molecule has 2 aliphatic rings. The molecule has 2 fully saturated rings. The van der Waals surface area contributed by atoms with E-state index in [0.717, 1.165) is 57.8 Å². The summed E-state index contributed by atoms with van der Waals surface area (Å²) in [7, 11) is 0. The van der Waals surface area contributed by atoms with Gasteiger partial charge < -0.3 is 65.1 Å². The Morgan fingerprint density at radius 3 is 1.25 bits per heavy atom. The van der Waals surface area contributed by atoms with E-state index >= 15 is 0 Å². The van der Waals surface area contributed by atoms with Crippen LogP contribution in [0.1, 0.15) is 271 Å². The summed E-state index contributed by atoms with van der Waals surface area (Å²) in [5.41, 5.74) is 0. The molecule has 0 aromatic heterocycles. The minimum atomic E-state index is -1.79. The summed E-state index contributed by atoms with van der Waals surface area (Å²) < 4.78 is 22.8. The molecule has 0 aliphatic carbocycles. The first-order valence-electron chi connectivity index (χ1n) is 34.2. The zero-order valence-corrected chi connectivity index (χ0v) is 52.9. The molecule has 2 aliphatic heterocycles. The standard InChI is InChI=1S/C70H125NO13/c1-3-5-7-9-11-13-15-17-19-21-22-23-24-25-26-27-28-29-30-31-32-33-34-35-36-38-40-42-44-46-48-50-52-54-62(75)71-58(59(74)53-51-49-47-45-43-41-39-37-20-18-16-14-12-10-8-6-4-2)57-81-69-67(80)65(78)68(61(56-73)83-69)84-70-66(79)64(77)63(76)60(55-72)82-70/h15,17,20-22,24-25,37,43,45,51,53,58-61,63-70,72-74,76-80H,3-14,16,18-19,23,26-36,38-42,44,46-50,52,54-57H2,1-2H3,(H,71,75)/b17-15-,22-21-,25-24-,37-20+,45-43+,53-51+. The first kappa shape index (κ1) is 77.5. The summed E-state index contributed by atoms with van der Waals surface area (Å²) in [4.78, 5) is 13.3. The maximum Gasteiger partial charge on any atom is 0.220 e. The summed E-state index contributed by atoms with van der Waals surface area (Å²) in [5.74, 6) is -0.252. The number of carbonyl (C=O) groups is 1. The van der Waals surface area contributed by atoms with Crippen molar-refractivity contribution in [3.8, 4) is 0 Å². The summed E-state index contributed by atoms with van der Waals surface area (Å²) in [6, 6.07) is -0.940. The Labute approximate surface area is 510 Å². The van der Waals surface area contributed by atoms with Gasteiger partial charge in [-0.2, -0.15) is 0 Å². The number of allylic oxidation sites excluding steroid dienone is 11. The van der Waals surface area contributed by atoms with E-state index in [1.165, 1.54) is 180 Å². The minimum Gasteiger partial charge on any atom is -0.394 e. The second-order valence-corrected chi connectivity index (χ2v) is 23.9. The van der Waals surface area contributed by atoms with E-state index in [9.17, 15) is 45.6 Å². The van der Waals surface area contributed by atoms with Crippen LogP contribution in [0.5, 0.6) is 0 Å².